The highest BCUT2D eigenvalue weighted by molar-refractivity contribution is 5.88. The molecular weight excluding hydrogens is 284 g/mol. The van der Waals surface area contributed by atoms with Crippen LogP contribution in [0, 0.1) is 0 Å². The van der Waals surface area contributed by atoms with E-state index in [-0.39, 0.29) is 5.91 Å². The zero-order valence-corrected chi connectivity index (χ0v) is 15.3. The molecule has 0 spiro atoms. The molecule has 0 saturated heterocycles. The number of rotatable bonds is 4. The van der Waals surface area contributed by atoms with Crippen molar-refractivity contribution in [3.63, 3.8) is 0 Å². The summed E-state index contributed by atoms with van der Waals surface area (Å²) in [5.74, 6) is -0.0471. The van der Waals surface area contributed by atoms with E-state index in [2.05, 4.69) is 29.4 Å². The van der Waals surface area contributed by atoms with Gasteiger partial charge in [0.25, 0.3) is 0 Å². The number of nitrogens with zero attached hydrogens (tertiary/aromatic N) is 1. The van der Waals surface area contributed by atoms with E-state index in [1.54, 1.807) is 0 Å². The Hall–Kier alpha value is -2.29. The average Bonchev–Trinajstić information content (AvgIpc) is 2.60. The molecule has 2 aromatic carbocycles. The molecule has 0 unspecified atom stereocenters. The van der Waals surface area contributed by atoms with Gasteiger partial charge in [-0.1, -0.05) is 58.0 Å². The van der Waals surface area contributed by atoms with Crippen LogP contribution in [-0.4, -0.2) is 13.0 Å². The SMILES string of the molecule is CC.CC.CC(=O)Nc1ccc(CN(C)c2ccccc2)cc1. The molecule has 3 nitrogen and oxygen atoms in total. The van der Waals surface area contributed by atoms with Crippen LogP contribution in [0.25, 0.3) is 0 Å². The lowest BCUT2D eigenvalue weighted by atomic mass is 10.2. The van der Waals surface area contributed by atoms with Gasteiger partial charge < -0.3 is 10.2 Å². The zero-order chi connectivity index (χ0) is 17.7. The summed E-state index contributed by atoms with van der Waals surface area (Å²) in [6.07, 6.45) is 0. The second kappa shape index (κ2) is 12.3. The van der Waals surface area contributed by atoms with E-state index in [1.807, 2.05) is 70.2 Å². The monoisotopic (exact) mass is 314 g/mol. The molecule has 0 bridgehead atoms. The maximum Gasteiger partial charge on any atom is 0.221 e. The predicted molar refractivity (Wildman–Crippen MR) is 102 cm³/mol. The summed E-state index contributed by atoms with van der Waals surface area (Å²) in [7, 11) is 2.07. The number of para-hydroxylation sites is 1. The molecule has 0 radical (unpaired) electrons. The van der Waals surface area contributed by atoms with Crippen LogP contribution in [0.4, 0.5) is 11.4 Å². The fourth-order valence-corrected chi connectivity index (χ4v) is 1.94. The van der Waals surface area contributed by atoms with Gasteiger partial charge in [0.05, 0.1) is 0 Å². The van der Waals surface area contributed by atoms with Gasteiger partial charge in [-0.2, -0.15) is 0 Å². The summed E-state index contributed by atoms with van der Waals surface area (Å²) < 4.78 is 0. The Balaban J connectivity index is 0.00000112. The van der Waals surface area contributed by atoms with Crippen LogP contribution in [0.3, 0.4) is 0 Å². The van der Waals surface area contributed by atoms with Crippen molar-refractivity contribution in [2.45, 2.75) is 41.2 Å². The molecule has 0 heterocycles. The van der Waals surface area contributed by atoms with Crippen molar-refractivity contribution in [2.75, 3.05) is 17.3 Å². The van der Waals surface area contributed by atoms with Gasteiger partial charge in [0, 0.05) is 31.9 Å². The summed E-state index contributed by atoms with van der Waals surface area (Å²) in [6, 6.07) is 18.2. The minimum Gasteiger partial charge on any atom is -0.370 e. The van der Waals surface area contributed by atoms with Gasteiger partial charge in [-0.05, 0) is 29.8 Å². The smallest absolute Gasteiger partial charge is 0.221 e. The van der Waals surface area contributed by atoms with Crippen LogP contribution in [0.2, 0.25) is 0 Å². The quantitative estimate of drug-likeness (QED) is 0.826. The number of carbonyl (C=O) groups excluding carboxylic acids is 1. The molecule has 0 atom stereocenters. The van der Waals surface area contributed by atoms with Crippen molar-refractivity contribution >= 4 is 17.3 Å². The highest BCUT2D eigenvalue weighted by Gasteiger charge is 2.02. The van der Waals surface area contributed by atoms with Crippen LogP contribution in [0.1, 0.15) is 40.2 Å². The number of benzene rings is 2. The molecule has 0 aliphatic carbocycles. The topological polar surface area (TPSA) is 32.3 Å². The number of amides is 1. The Morgan fingerprint density at radius 1 is 0.913 bits per heavy atom. The van der Waals surface area contributed by atoms with E-state index in [0.29, 0.717) is 0 Å². The normalized spacial score (nSPS) is 8.78. The van der Waals surface area contributed by atoms with Gasteiger partial charge >= 0.3 is 0 Å². The predicted octanol–water partition coefficient (Wildman–Crippen LogP) is 5.33. The minimum atomic E-state index is -0.0471. The molecule has 0 aromatic heterocycles. The second-order valence-electron chi connectivity index (χ2n) is 4.57. The number of hydrogen-bond acceptors (Lipinski definition) is 2. The lowest BCUT2D eigenvalue weighted by Gasteiger charge is -2.19. The Morgan fingerprint density at radius 2 is 1.43 bits per heavy atom. The molecule has 0 aliphatic rings. The number of anilines is 2. The zero-order valence-electron chi connectivity index (χ0n) is 15.3. The molecule has 23 heavy (non-hydrogen) atoms. The third-order valence-corrected chi connectivity index (χ3v) is 2.89. The molecule has 0 saturated carbocycles. The lowest BCUT2D eigenvalue weighted by molar-refractivity contribution is -0.114. The number of carbonyl (C=O) groups is 1. The highest BCUT2D eigenvalue weighted by Crippen LogP contribution is 2.16. The van der Waals surface area contributed by atoms with Gasteiger partial charge in [0.1, 0.15) is 0 Å². The van der Waals surface area contributed by atoms with E-state index < -0.39 is 0 Å². The van der Waals surface area contributed by atoms with Crippen molar-refractivity contribution in [3.05, 3.63) is 60.2 Å². The summed E-state index contributed by atoms with van der Waals surface area (Å²) in [6.45, 7) is 10.3. The van der Waals surface area contributed by atoms with Crippen LogP contribution < -0.4 is 10.2 Å². The average molecular weight is 314 g/mol. The van der Waals surface area contributed by atoms with E-state index in [9.17, 15) is 4.79 Å². The second-order valence-corrected chi connectivity index (χ2v) is 4.57. The van der Waals surface area contributed by atoms with Crippen molar-refractivity contribution in [2.24, 2.45) is 0 Å². The molecule has 126 valence electrons. The molecule has 3 heteroatoms. The van der Waals surface area contributed by atoms with Gasteiger partial charge in [0.2, 0.25) is 5.91 Å². The third kappa shape index (κ3) is 8.05. The Bertz CT molecular complexity index is 535. The maximum atomic E-state index is 10.9. The molecule has 0 aliphatic heterocycles. The van der Waals surface area contributed by atoms with E-state index in [0.717, 1.165) is 12.2 Å². The van der Waals surface area contributed by atoms with Crippen LogP contribution in [0.15, 0.2) is 54.6 Å². The van der Waals surface area contributed by atoms with Crippen LogP contribution in [-0.2, 0) is 11.3 Å². The Kier molecular flexibility index (Phi) is 11.1. The summed E-state index contributed by atoms with van der Waals surface area (Å²) in [5, 5.41) is 2.76. The number of hydrogen-bond donors (Lipinski definition) is 1. The van der Waals surface area contributed by atoms with E-state index in [1.165, 1.54) is 18.2 Å². The van der Waals surface area contributed by atoms with E-state index >= 15 is 0 Å². The van der Waals surface area contributed by atoms with Gasteiger partial charge in [-0.3, -0.25) is 4.79 Å². The molecule has 1 amide bonds. The highest BCUT2D eigenvalue weighted by atomic mass is 16.1. The first-order chi connectivity index (χ1) is 11.1. The first-order valence-electron chi connectivity index (χ1n) is 8.28. The van der Waals surface area contributed by atoms with E-state index in [4.69, 9.17) is 0 Å². The fourth-order valence-electron chi connectivity index (χ4n) is 1.94. The van der Waals surface area contributed by atoms with Gasteiger partial charge in [-0.25, -0.2) is 0 Å². The van der Waals surface area contributed by atoms with Crippen molar-refractivity contribution < 1.29 is 4.79 Å². The first kappa shape index (κ1) is 20.7. The Labute approximate surface area is 141 Å². The molecular formula is C20H30N2O. The Morgan fingerprint density at radius 3 is 1.91 bits per heavy atom. The lowest BCUT2D eigenvalue weighted by Crippen LogP contribution is -2.16. The van der Waals surface area contributed by atoms with Crippen molar-refractivity contribution in [3.8, 4) is 0 Å². The third-order valence-electron chi connectivity index (χ3n) is 2.89. The van der Waals surface area contributed by atoms with Crippen molar-refractivity contribution in [1.82, 2.24) is 0 Å². The summed E-state index contributed by atoms with van der Waals surface area (Å²) >= 11 is 0. The van der Waals surface area contributed by atoms with Crippen molar-refractivity contribution in [1.29, 1.82) is 0 Å². The largest absolute Gasteiger partial charge is 0.370 e. The molecule has 2 aromatic rings. The van der Waals surface area contributed by atoms with Crippen LogP contribution in [0.5, 0.6) is 0 Å². The molecule has 0 fully saturated rings. The summed E-state index contributed by atoms with van der Waals surface area (Å²) in [4.78, 5) is 13.1. The molecule has 1 N–H and O–H groups in total. The summed E-state index contributed by atoms with van der Waals surface area (Å²) in [5.41, 5.74) is 3.23. The minimum absolute atomic E-state index is 0.0471. The maximum absolute atomic E-state index is 10.9. The fraction of sp³-hybridized carbons (Fsp3) is 0.350. The van der Waals surface area contributed by atoms with Gasteiger partial charge in [0.15, 0.2) is 0 Å². The molecule has 2 rings (SSSR count). The van der Waals surface area contributed by atoms with Crippen LogP contribution >= 0.6 is 0 Å². The standard InChI is InChI=1S/C16H18N2O.2C2H6/c1-13(19)17-15-10-8-14(9-11-15)12-18(2)16-6-4-3-5-7-16;2*1-2/h3-11H,12H2,1-2H3,(H,17,19);2*1-2H3. The number of nitrogens with one attached hydrogen (secondary N) is 1. The van der Waals surface area contributed by atoms with Gasteiger partial charge in [-0.15, -0.1) is 0 Å². The first-order valence-corrected chi connectivity index (χ1v) is 8.28.